The van der Waals surface area contributed by atoms with Crippen LogP contribution in [0.5, 0.6) is 0 Å². The fourth-order valence-electron chi connectivity index (χ4n) is 1.55. The Morgan fingerprint density at radius 2 is 2.47 bits per heavy atom. The molecule has 2 aromatic heterocycles. The van der Waals surface area contributed by atoms with Gasteiger partial charge in [-0.3, -0.25) is 4.79 Å². The highest BCUT2D eigenvalue weighted by Crippen LogP contribution is 2.23. The number of hydrogen-bond acceptors (Lipinski definition) is 5. The van der Waals surface area contributed by atoms with Crippen LogP contribution >= 0.6 is 11.3 Å². The maximum absolute atomic E-state index is 11.6. The summed E-state index contributed by atoms with van der Waals surface area (Å²) in [5.41, 5.74) is 0.609. The van der Waals surface area contributed by atoms with Crippen molar-refractivity contribution in [2.24, 2.45) is 0 Å². The second-order valence-electron chi connectivity index (χ2n) is 4.29. The number of aromatic nitrogens is 1. The molecule has 2 rings (SSSR count). The van der Waals surface area contributed by atoms with Crippen LogP contribution in [0.3, 0.4) is 0 Å². The van der Waals surface area contributed by atoms with Gasteiger partial charge in [0.25, 0.3) is 0 Å². The second-order valence-corrected chi connectivity index (χ2v) is 5.23. The number of hydrogen-bond donors (Lipinski definition) is 2. The number of thiophene rings is 1. The minimum absolute atomic E-state index is 0.119. The smallest absolute Gasteiger partial charge is 0.236 e. The summed E-state index contributed by atoms with van der Waals surface area (Å²) < 4.78 is 5.33. The summed E-state index contributed by atoms with van der Waals surface area (Å²) in [6.45, 7) is 2.16. The van der Waals surface area contributed by atoms with Crippen LogP contribution in [-0.2, 0) is 11.2 Å². The Hall–Kier alpha value is -1.66. The second kappa shape index (κ2) is 6.49. The number of oxazole rings is 1. The van der Waals surface area contributed by atoms with Crippen molar-refractivity contribution < 1.29 is 14.3 Å². The minimum atomic E-state index is -0.405. The first-order valence-electron chi connectivity index (χ1n) is 6.08. The maximum Gasteiger partial charge on any atom is 0.236 e. The summed E-state index contributed by atoms with van der Waals surface area (Å²) in [6.07, 6.45) is 1.83. The van der Waals surface area contributed by atoms with E-state index in [1.54, 1.807) is 18.3 Å². The Morgan fingerprint density at radius 1 is 1.63 bits per heavy atom. The third-order valence-electron chi connectivity index (χ3n) is 2.51. The van der Waals surface area contributed by atoms with Gasteiger partial charge < -0.3 is 14.8 Å². The Labute approximate surface area is 115 Å². The van der Waals surface area contributed by atoms with Gasteiger partial charge in [0.05, 0.1) is 23.1 Å². The molecule has 0 saturated heterocycles. The van der Waals surface area contributed by atoms with Gasteiger partial charge in [-0.15, -0.1) is 11.3 Å². The summed E-state index contributed by atoms with van der Waals surface area (Å²) in [6, 6.07) is 3.84. The Bertz CT molecular complexity index is 520. The number of nitrogens with zero attached hydrogens (tertiary/aromatic N) is 1. The molecular weight excluding hydrogens is 264 g/mol. The molecule has 0 spiro atoms. The lowest BCUT2D eigenvalue weighted by Gasteiger charge is -2.05. The van der Waals surface area contributed by atoms with Gasteiger partial charge in [-0.2, -0.15) is 0 Å². The number of nitrogens with one attached hydrogen (secondary N) is 1. The summed E-state index contributed by atoms with van der Waals surface area (Å²) in [5.74, 6) is 0.425. The van der Waals surface area contributed by atoms with Crippen molar-refractivity contribution >= 4 is 17.2 Å². The summed E-state index contributed by atoms with van der Waals surface area (Å²) in [5, 5.41) is 13.8. The van der Waals surface area contributed by atoms with Gasteiger partial charge in [-0.1, -0.05) is 6.07 Å². The van der Waals surface area contributed by atoms with Crippen molar-refractivity contribution in [2.75, 3.05) is 6.54 Å². The van der Waals surface area contributed by atoms with Crippen molar-refractivity contribution in [3.63, 3.8) is 0 Å². The minimum Gasteiger partial charge on any atom is -0.444 e. The predicted molar refractivity (Wildman–Crippen MR) is 72.8 cm³/mol. The molecule has 102 valence electrons. The number of rotatable bonds is 6. The summed E-state index contributed by atoms with van der Waals surface area (Å²) >= 11 is 1.54. The Balaban J connectivity index is 1.84. The van der Waals surface area contributed by atoms with Gasteiger partial charge in [-0.25, -0.2) is 4.98 Å². The predicted octanol–water partition coefficient (Wildman–Crippen LogP) is 1.83. The molecule has 6 heteroatoms. The third kappa shape index (κ3) is 4.18. The normalized spacial score (nSPS) is 12.3. The average Bonchev–Trinajstić information content (AvgIpc) is 2.97. The quantitative estimate of drug-likeness (QED) is 0.846. The van der Waals surface area contributed by atoms with Gasteiger partial charge in [0.1, 0.15) is 6.26 Å². The van der Waals surface area contributed by atoms with E-state index in [1.165, 1.54) is 6.26 Å². The van der Waals surface area contributed by atoms with E-state index in [1.807, 2.05) is 17.5 Å². The van der Waals surface area contributed by atoms with Crippen molar-refractivity contribution in [3.05, 3.63) is 29.5 Å². The number of amides is 1. The molecule has 2 aromatic rings. The third-order valence-corrected chi connectivity index (χ3v) is 3.37. The van der Waals surface area contributed by atoms with Gasteiger partial charge in [0.15, 0.2) is 0 Å². The highest BCUT2D eigenvalue weighted by atomic mass is 32.1. The van der Waals surface area contributed by atoms with Gasteiger partial charge >= 0.3 is 0 Å². The van der Waals surface area contributed by atoms with E-state index in [2.05, 4.69) is 10.3 Å². The molecule has 0 aliphatic carbocycles. The molecular formula is C13H16N2O3S. The van der Waals surface area contributed by atoms with Gasteiger partial charge in [0.2, 0.25) is 11.8 Å². The average molecular weight is 280 g/mol. The zero-order valence-electron chi connectivity index (χ0n) is 10.6. The molecule has 5 nitrogen and oxygen atoms in total. The molecule has 1 amide bonds. The molecule has 0 radical (unpaired) electrons. The van der Waals surface area contributed by atoms with E-state index >= 15 is 0 Å². The van der Waals surface area contributed by atoms with Crippen LogP contribution in [0.15, 0.2) is 28.2 Å². The van der Waals surface area contributed by atoms with E-state index in [0.717, 1.165) is 4.88 Å². The molecule has 0 bridgehead atoms. The molecule has 0 saturated carbocycles. The number of aliphatic hydroxyl groups is 1. The van der Waals surface area contributed by atoms with Gasteiger partial charge in [-0.05, 0) is 24.8 Å². The zero-order chi connectivity index (χ0) is 13.7. The van der Waals surface area contributed by atoms with E-state index in [4.69, 9.17) is 9.52 Å². The Kier molecular flexibility index (Phi) is 4.70. The van der Waals surface area contributed by atoms with Crippen molar-refractivity contribution in [1.82, 2.24) is 10.3 Å². The van der Waals surface area contributed by atoms with Crippen LogP contribution in [0.1, 0.15) is 19.0 Å². The van der Waals surface area contributed by atoms with E-state index in [9.17, 15) is 4.79 Å². The first-order chi connectivity index (χ1) is 9.15. The SMILES string of the molecule is CC(O)CCNC(=O)Cc1coc(-c2cccs2)n1. The molecule has 1 unspecified atom stereocenters. The van der Waals surface area contributed by atoms with Crippen LogP contribution in [0.2, 0.25) is 0 Å². The maximum atomic E-state index is 11.6. The molecule has 2 N–H and O–H groups in total. The first kappa shape index (κ1) is 13.8. The molecule has 19 heavy (non-hydrogen) atoms. The molecule has 1 atom stereocenters. The lowest BCUT2D eigenvalue weighted by atomic mass is 10.2. The number of aliphatic hydroxyl groups excluding tert-OH is 1. The highest BCUT2D eigenvalue weighted by molar-refractivity contribution is 7.13. The molecule has 2 heterocycles. The van der Waals surface area contributed by atoms with Crippen LogP contribution in [0, 0.1) is 0 Å². The Morgan fingerprint density at radius 3 is 3.16 bits per heavy atom. The van der Waals surface area contributed by atoms with E-state index < -0.39 is 6.10 Å². The fraction of sp³-hybridized carbons (Fsp3) is 0.385. The largest absolute Gasteiger partial charge is 0.444 e. The van der Waals surface area contributed by atoms with E-state index in [-0.39, 0.29) is 12.3 Å². The number of carbonyl (C=O) groups excluding carboxylic acids is 1. The lowest BCUT2D eigenvalue weighted by Crippen LogP contribution is -2.27. The van der Waals surface area contributed by atoms with Crippen LogP contribution < -0.4 is 5.32 Å². The zero-order valence-corrected chi connectivity index (χ0v) is 11.4. The highest BCUT2D eigenvalue weighted by Gasteiger charge is 2.10. The van der Waals surface area contributed by atoms with Crippen molar-refractivity contribution in [1.29, 1.82) is 0 Å². The standard InChI is InChI=1S/C13H16N2O3S/c1-9(16)4-5-14-12(17)7-10-8-18-13(15-10)11-3-2-6-19-11/h2-3,6,8-9,16H,4-5,7H2,1H3,(H,14,17). The fourth-order valence-corrected chi connectivity index (χ4v) is 2.20. The first-order valence-corrected chi connectivity index (χ1v) is 6.96. The van der Waals surface area contributed by atoms with Crippen LogP contribution in [0.4, 0.5) is 0 Å². The molecule has 0 fully saturated rings. The van der Waals surface area contributed by atoms with Crippen LogP contribution in [0.25, 0.3) is 10.8 Å². The molecule has 0 aliphatic rings. The topological polar surface area (TPSA) is 75.4 Å². The molecule has 0 aromatic carbocycles. The summed E-state index contributed by atoms with van der Waals surface area (Å²) in [7, 11) is 0. The van der Waals surface area contributed by atoms with Crippen molar-refractivity contribution in [3.8, 4) is 10.8 Å². The van der Waals surface area contributed by atoms with E-state index in [0.29, 0.717) is 24.6 Å². The monoisotopic (exact) mass is 280 g/mol. The van der Waals surface area contributed by atoms with Crippen LogP contribution in [-0.4, -0.2) is 28.6 Å². The number of carbonyl (C=O) groups is 1. The van der Waals surface area contributed by atoms with Crippen molar-refractivity contribution in [2.45, 2.75) is 25.9 Å². The molecule has 0 aliphatic heterocycles. The lowest BCUT2D eigenvalue weighted by molar-refractivity contribution is -0.120. The van der Waals surface area contributed by atoms with Gasteiger partial charge in [0, 0.05) is 6.54 Å². The summed E-state index contributed by atoms with van der Waals surface area (Å²) in [4.78, 5) is 16.8.